The van der Waals surface area contributed by atoms with Gasteiger partial charge in [-0.1, -0.05) is 18.2 Å². The number of carbonyl (C=O) groups is 1. The van der Waals surface area contributed by atoms with Gasteiger partial charge in [-0.2, -0.15) is 0 Å². The van der Waals surface area contributed by atoms with E-state index >= 15 is 0 Å². The van der Waals surface area contributed by atoms with Crippen molar-refractivity contribution < 1.29 is 22.7 Å². The Morgan fingerprint density at radius 1 is 0.833 bits per heavy atom. The van der Waals surface area contributed by atoms with Crippen LogP contribution in [0.1, 0.15) is 15.9 Å². The fraction of sp³-hybridized carbons (Fsp3) is 0.136. The monoisotopic (exact) mass is 426 g/mol. The molecule has 30 heavy (non-hydrogen) atoms. The minimum absolute atomic E-state index is 0.0260. The summed E-state index contributed by atoms with van der Waals surface area (Å²) in [6, 6.07) is 17.8. The second kappa shape index (κ2) is 8.87. The van der Waals surface area contributed by atoms with Gasteiger partial charge in [0, 0.05) is 5.56 Å². The SMILES string of the molecule is COc1ccc(C)cc1NC(=O)c1ccc(S(=O)(=O)Nc2ccccc2OC)cc1. The minimum Gasteiger partial charge on any atom is -0.495 e. The highest BCUT2D eigenvalue weighted by Crippen LogP contribution is 2.27. The predicted molar refractivity (Wildman–Crippen MR) is 116 cm³/mol. The molecule has 0 fully saturated rings. The van der Waals surface area contributed by atoms with Crippen molar-refractivity contribution in [3.05, 3.63) is 77.9 Å². The molecule has 0 bridgehead atoms. The van der Waals surface area contributed by atoms with E-state index in [-0.39, 0.29) is 10.8 Å². The normalized spacial score (nSPS) is 10.9. The van der Waals surface area contributed by atoms with Gasteiger partial charge in [-0.25, -0.2) is 8.42 Å². The lowest BCUT2D eigenvalue weighted by Crippen LogP contribution is -2.15. The molecule has 0 aliphatic carbocycles. The first kappa shape index (κ1) is 21.2. The van der Waals surface area contributed by atoms with Crippen molar-refractivity contribution in [3.8, 4) is 11.5 Å². The highest BCUT2D eigenvalue weighted by atomic mass is 32.2. The number of sulfonamides is 1. The Bertz CT molecular complexity index is 1160. The maximum absolute atomic E-state index is 12.7. The number of nitrogens with one attached hydrogen (secondary N) is 2. The Morgan fingerprint density at radius 2 is 1.47 bits per heavy atom. The van der Waals surface area contributed by atoms with Crippen molar-refractivity contribution in [2.24, 2.45) is 0 Å². The lowest BCUT2D eigenvalue weighted by atomic mass is 10.1. The van der Waals surface area contributed by atoms with E-state index < -0.39 is 10.0 Å². The zero-order valence-corrected chi connectivity index (χ0v) is 17.6. The molecule has 0 radical (unpaired) electrons. The second-order valence-corrected chi connectivity index (χ2v) is 8.17. The van der Waals surface area contributed by atoms with Crippen molar-refractivity contribution in [2.75, 3.05) is 24.3 Å². The Morgan fingerprint density at radius 3 is 2.13 bits per heavy atom. The van der Waals surface area contributed by atoms with Crippen LogP contribution in [0.15, 0.2) is 71.6 Å². The molecule has 0 saturated carbocycles. The molecule has 0 unspecified atom stereocenters. The third-order valence-electron chi connectivity index (χ3n) is 4.38. The maximum atomic E-state index is 12.7. The Labute approximate surface area is 175 Å². The van der Waals surface area contributed by atoms with Crippen LogP contribution < -0.4 is 19.5 Å². The summed E-state index contributed by atoms with van der Waals surface area (Å²) in [7, 11) is -0.861. The molecule has 0 heterocycles. The molecule has 7 nitrogen and oxygen atoms in total. The lowest BCUT2D eigenvalue weighted by Gasteiger charge is -2.13. The van der Waals surface area contributed by atoms with Gasteiger partial charge < -0.3 is 14.8 Å². The molecule has 8 heteroatoms. The molecular weight excluding hydrogens is 404 g/mol. The van der Waals surface area contributed by atoms with Gasteiger partial charge in [0.25, 0.3) is 15.9 Å². The summed E-state index contributed by atoms with van der Waals surface area (Å²) in [6.07, 6.45) is 0. The summed E-state index contributed by atoms with van der Waals surface area (Å²) >= 11 is 0. The van der Waals surface area contributed by atoms with Crippen molar-refractivity contribution in [1.29, 1.82) is 0 Å². The average Bonchev–Trinajstić information content (AvgIpc) is 2.74. The van der Waals surface area contributed by atoms with Gasteiger partial charge in [-0.05, 0) is 61.0 Å². The summed E-state index contributed by atoms with van der Waals surface area (Å²) < 4.78 is 38.3. The quantitative estimate of drug-likeness (QED) is 0.594. The van der Waals surface area contributed by atoms with Gasteiger partial charge in [0.1, 0.15) is 11.5 Å². The van der Waals surface area contributed by atoms with E-state index in [0.29, 0.717) is 28.4 Å². The van der Waals surface area contributed by atoms with Crippen molar-refractivity contribution in [2.45, 2.75) is 11.8 Å². The summed E-state index contributed by atoms with van der Waals surface area (Å²) in [4.78, 5) is 12.6. The fourth-order valence-electron chi connectivity index (χ4n) is 2.83. The van der Waals surface area contributed by atoms with Crippen molar-refractivity contribution in [1.82, 2.24) is 0 Å². The molecule has 2 N–H and O–H groups in total. The number of para-hydroxylation sites is 2. The van der Waals surface area contributed by atoms with Crippen LogP contribution in [0.4, 0.5) is 11.4 Å². The van der Waals surface area contributed by atoms with Crippen LogP contribution in [-0.4, -0.2) is 28.5 Å². The van der Waals surface area contributed by atoms with Crippen molar-refractivity contribution in [3.63, 3.8) is 0 Å². The van der Waals surface area contributed by atoms with Crippen LogP contribution in [0.5, 0.6) is 11.5 Å². The number of ether oxygens (including phenoxy) is 2. The highest BCUT2D eigenvalue weighted by molar-refractivity contribution is 7.92. The zero-order chi connectivity index (χ0) is 21.7. The third kappa shape index (κ3) is 4.72. The van der Waals surface area contributed by atoms with E-state index in [2.05, 4.69) is 10.0 Å². The molecule has 0 saturated heterocycles. The molecule has 0 atom stereocenters. The van der Waals surface area contributed by atoms with Gasteiger partial charge in [-0.3, -0.25) is 9.52 Å². The topological polar surface area (TPSA) is 93.7 Å². The third-order valence-corrected chi connectivity index (χ3v) is 5.76. The van der Waals surface area contributed by atoms with E-state index in [1.807, 2.05) is 13.0 Å². The lowest BCUT2D eigenvalue weighted by molar-refractivity contribution is 0.102. The van der Waals surface area contributed by atoms with Crippen LogP contribution in [0, 0.1) is 6.92 Å². The molecule has 0 aromatic heterocycles. The smallest absolute Gasteiger partial charge is 0.262 e. The predicted octanol–water partition coefficient (Wildman–Crippen LogP) is 4.07. The Kier molecular flexibility index (Phi) is 6.27. The molecule has 1 amide bonds. The first-order valence-electron chi connectivity index (χ1n) is 9.06. The standard InChI is InChI=1S/C22H22N2O5S/c1-15-8-13-21(29-3)19(14-15)23-22(25)16-9-11-17(12-10-16)30(26,27)24-18-6-4-5-7-20(18)28-2/h4-14,24H,1-3H3,(H,23,25). The van der Waals surface area contributed by atoms with Crippen molar-refractivity contribution >= 4 is 27.3 Å². The van der Waals surface area contributed by atoms with Crippen LogP contribution >= 0.6 is 0 Å². The summed E-state index contributed by atoms with van der Waals surface area (Å²) in [5.74, 6) is 0.568. The van der Waals surface area contributed by atoms with E-state index in [4.69, 9.17) is 9.47 Å². The van der Waals surface area contributed by atoms with E-state index in [9.17, 15) is 13.2 Å². The molecular formula is C22H22N2O5S. The first-order valence-corrected chi connectivity index (χ1v) is 10.5. The molecule has 0 spiro atoms. The minimum atomic E-state index is -3.85. The maximum Gasteiger partial charge on any atom is 0.262 e. The largest absolute Gasteiger partial charge is 0.495 e. The molecule has 156 valence electrons. The summed E-state index contributed by atoms with van der Waals surface area (Å²) in [6.45, 7) is 1.91. The number of aryl methyl sites for hydroxylation is 1. The number of hydrogen-bond donors (Lipinski definition) is 2. The van der Waals surface area contributed by atoms with Crippen LogP contribution in [0.25, 0.3) is 0 Å². The second-order valence-electron chi connectivity index (χ2n) is 6.49. The summed E-state index contributed by atoms with van der Waals surface area (Å²) in [5.41, 5.74) is 2.15. The van der Waals surface area contributed by atoms with E-state index in [1.54, 1.807) is 36.4 Å². The van der Waals surface area contributed by atoms with Crippen LogP contribution in [0.3, 0.4) is 0 Å². The highest BCUT2D eigenvalue weighted by Gasteiger charge is 2.17. The van der Waals surface area contributed by atoms with Gasteiger partial charge in [-0.15, -0.1) is 0 Å². The number of amides is 1. The first-order chi connectivity index (χ1) is 14.3. The Hall–Kier alpha value is -3.52. The Balaban J connectivity index is 1.79. The number of hydrogen-bond acceptors (Lipinski definition) is 5. The number of anilines is 2. The molecule has 3 rings (SSSR count). The fourth-order valence-corrected chi connectivity index (χ4v) is 3.90. The van der Waals surface area contributed by atoms with Crippen LogP contribution in [-0.2, 0) is 10.0 Å². The number of rotatable bonds is 7. The van der Waals surface area contributed by atoms with Crippen LogP contribution in [0.2, 0.25) is 0 Å². The molecule has 0 aliphatic rings. The molecule has 3 aromatic rings. The van der Waals surface area contributed by atoms with E-state index in [0.717, 1.165) is 5.56 Å². The number of carbonyl (C=O) groups excluding carboxylic acids is 1. The molecule has 0 aliphatic heterocycles. The summed E-state index contributed by atoms with van der Waals surface area (Å²) in [5, 5.41) is 2.79. The van der Waals surface area contributed by atoms with E-state index in [1.165, 1.54) is 38.5 Å². The number of benzene rings is 3. The van der Waals surface area contributed by atoms with Gasteiger partial charge in [0.05, 0.1) is 30.5 Å². The zero-order valence-electron chi connectivity index (χ0n) is 16.8. The molecule has 3 aromatic carbocycles. The average molecular weight is 426 g/mol. The number of methoxy groups -OCH3 is 2. The van der Waals surface area contributed by atoms with Gasteiger partial charge >= 0.3 is 0 Å². The van der Waals surface area contributed by atoms with Gasteiger partial charge in [0.15, 0.2) is 0 Å². The van der Waals surface area contributed by atoms with Gasteiger partial charge in [0.2, 0.25) is 0 Å².